The minimum Gasteiger partial charge on any atom is -0.327 e. The fraction of sp³-hybridized carbons (Fsp3) is 0.269. The number of pyridine rings is 1. The van der Waals surface area contributed by atoms with E-state index in [4.69, 9.17) is 5.10 Å². The number of hydrogen-bond donors (Lipinski definition) is 1. The van der Waals surface area contributed by atoms with Gasteiger partial charge in [-0.2, -0.15) is 5.10 Å². The van der Waals surface area contributed by atoms with E-state index in [1.165, 1.54) is 12.1 Å². The van der Waals surface area contributed by atoms with Crippen molar-refractivity contribution in [3.63, 3.8) is 0 Å². The zero-order valence-corrected chi connectivity index (χ0v) is 18.6. The summed E-state index contributed by atoms with van der Waals surface area (Å²) >= 11 is 0. The molecule has 8 heteroatoms. The molecular formula is C26H23F2N4O2+. The molecule has 0 aliphatic carbocycles. The van der Waals surface area contributed by atoms with E-state index in [-0.39, 0.29) is 18.0 Å². The molecule has 4 aromatic rings. The molecule has 6 rings (SSSR count). The Labute approximate surface area is 194 Å². The van der Waals surface area contributed by atoms with Crippen LogP contribution in [-0.4, -0.2) is 31.8 Å². The number of piperidine rings is 1. The summed E-state index contributed by atoms with van der Waals surface area (Å²) in [5.41, 5.74) is 4.11. The van der Waals surface area contributed by atoms with Gasteiger partial charge >= 0.3 is 0 Å². The number of halogens is 2. The molecule has 2 aliphatic heterocycles. The Bertz CT molecular complexity index is 1440. The second-order valence-corrected chi connectivity index (χ2v) is 9.14. The second-order valence-electron chi connectivity index (χ2n) is 9.14. The summed E-state index contributed by atoms with van der Waals surface area (Å²) in [6, 6.07) is 12.2. The number of carbonyl (C=O) groups excluding carboxylic acids is 1. The van der Waals surface area contributed by atoms with Crippen molar-refractivity contribution < 1.29 is 23.5 Å². The van der Waals surface area contributed by atoms with Crippen LogP contribution in [0.1, 0.15) is 46.9 Å². The van der Waals surface area contributed by atoms with Gasteiger partial charge in [-0.25, -0.2) is 8.78 Å². The summed E-state index contributed by atoms with van der Waals surface area (Å²) in [4.78, 5) is 15.7. The fourth-order valence-electron chi connectivity index (χ4n) is 5.69. The number of hydrogen-bond acceptors (Lipinski definition) is 3. The van der Waals surface area contributed by atoms with Gasteiger partial charge in [0, 0.05) is 52.7 Å². The lowest BCUT2D eigenvalue weighted by molar-refractivity contribution is -0.884. The zero-order chi connectivity index (χ0) is 23.6. The van der Waals surface area contributed by atoms with E-state index in [0.29, 0.717) is 28.8 Å². The summed E-state index contributed by atoms with van der Waals surface area (Å²) in [6.07, 6.45) is 4.76. The number of nitrogens with zero attached hydrogens (tertiary/aromatic N) is 4. The molecule has 34 heavy (non-hydrogen) atoms. The van der Waals surface area contributed by atoms with Crippen molar-refractivity contribution in [2.45, 2.75) is 37.8 Å². The van der Waals surface area contributed by atoms with Crippen LogP contribution in [-0.2, 0) is 13.5 Å². The molecule has 172 valence electrons. The van der Waals surface area contributed by atoms with E-state index in [1.54, 1.807) is 42.2 Å². The van der Waals surface area contributed by atoms with Crippen LogP contribution in [0.15, 0.2) is 54.7 Å². The largest absolute Gasteiger partial charge is 0.327 e. The molecule has 0 saturated carbocycles. The minimum absolute atomic E-state index is 0.0191. The van der Waals surface area contributed by atoms with E-state index < -0.39 is 11.6 Å². The van der Waals surface area contributed by atoms with E-state index in [2.05, 4.69) is 0 Å². The lowest BCUT2D eigenvalue weighted by Gasteiger charge is -2.45. The number of aromatic nitrogens is 3. The Kier molecular flexibility index (Phi) is 4.65. The molecule has 2 atom stereocenters. The lowest BCUT2D eigenvalue weighted by Crippen LogP contribution is -2.49. The Morgan fingerprint density at radius 2 is 1.91 bits per heavy atom. The second kappa shape index (κ2) is 7.62. The standard InChI is InChI=1S/C26H23F2N4O2/c1-30-25(17-11-18(27)13-19(28)12-17)21-14-20-5-2-6-23(24(21)29-30)32(20)26(33)16-7-8-22-15(10-16)4-3-9-31(22)34/h3-4,7-13,20,23,34H,2,5-6,14H2,1H3/q+1/t20-,23+/m1/s1. The SMILES string of the molecule is Cn1nc2c(c1-c1cc(F)cc(F)c1)C[C@H]1CCC[C@@H]2N1C(=O)c1ccc2c(ccc[n+]2O)c1. The van der Waals surface area contributed by atoms with E-state index in [1.807, 2.05) is 11.0 Å². The molecule has 1 saturated heterocycles. The van der Waals surface area contributed by atoms with Gasteiger partial charge in [0.1, 0.15) is 11.6 Å². The first-order valence-electron chi connectivity index (χ1n) is 11.4. The first-order chi connectivity index (χ1) is 16.4. The third-order valence-corrected chi connectivity index (χ3v) is 7.07. The maximum Gasteiger partial charge on any atom is 0.264 e. The van der Waals surface area contributed by atoms with E-state index in [9.17, 15) is 18.8 Å². The number of aryl methyl sites for hydroxylation is 1. The summed E-state index contributed by atoms with van der Waals surface area (Å²) in [5.74, 6) is -1.32. The van der Waals surface area contributed by atoms with Gasteiger partial charge in [-0.15, -0.1) is 0 Å². The van der Waals surface area contributed by atoms with Gasteiger partial charge in [0.2, 0.25) is 6.20 Å². The Hall–Kier alpha value is -3.81. The van der Waals surface area contributed by atoms with Crippen LogP contribution in [0.5, 0.6) is 0 Å². The topological polar surface area (TPSA) is 62.2 Å². The smallest absolute Gasteiger partial charge is 0.264 e. The van der Waals surface area contributed by atoms with Gasteiger partial charge in [0.25, 0.3) is 11.4 Å². The van der Waals surface area contributed by atoms with E-state index >= 15 is 0 Å². The lowest BCUT2D eigenvalue weighted by atomic mass is 9.81. The third kappa shape index (κ3) is 3.16. The summed E-state index contributed by atoms with van der Waals surface area (Å²) in [6.45, 7) is 0. The van der Waals surface area contributed by atoms with Crippen molar-refractivity contribution >= 4 is 16.8 Å². The van der Waals surface area contributed by atoms with Crippen LogP contribution >= 0.6 is 0 Å². The molecule has 0 unspecified atom stereocenters. The Balaban J connectivity index is 1.42. The number of fused-ring (bicyclic) bond motifs is 5. The predicted octanol–water partition coefficient (Wildman–Crippen LogP) is 4.34. The molecule has 1 fully saturated rings. The highest BCUT2D eigenvalue weighted by Gasteiger charge is 2.43. The van der Waals surface area contributed by atoms with Crippen LogP contribution in [0.3, 0.4) is 0 Å². The minimum atomic E-state index is -0.627. The molecule has 2 aromatic heterocycles. The van der Waals surface area contributed by atoms with Crippen LogP contribution in [0.25, 0.3) is 22.2 Å². The summed E-state index contributed by atoms with van der Waals surface area (Å²) in [7, 11) is 1.78. The van der Waals surface area contributed by atoms with Crippen molar-refractivity contribution in [1.82, 2.24) is 14.7 Å². The molecule has 1 amide bonds. The van der Waals surface area contributed by atoms with Crippen LogP contribution in [0.2, 0.25) is 0 Å². The van der Waals surface area contributed by atoms with Crippen molar-refractivity contribution in [1.29, 1.82) is 0 Å². The normalized spacial score (nSPS) is 19.3. The molecule has 2 aromatic carbocycles. The van der Waals surface area contributed by atoms with Gasteiger partial charge in [-0.1, -0.05) is 0 Å². The molecule has 1 N–H and O–H groups in total. The average Bonchev–Trinajstić information content (AvgIpc) is 3.13. The summed E-state index contributed by atoms with van der Waals surface area (Å²) < 4.78 is 30.6. The maximum absolute atomic E-state index is 14.0. The first kappa shape index (κ1) is 20.8. The summed E-state index contributed by atoms with van der Waals surface area (Å²) in [5, 5.41) is 15.5. The highest BCUT2D eigenvalue weighted by Crippen LogP contribution is 2.45. The number of carbonyl (C=O) groups is 1. The predicted molar refractivity (Wildman–Crippen MR) is 120 cm³/mol. The highest BCUT2D eigenvalue weighted by molar-refractivity contribution is 5.98. The fourth-order valence-corrected chi connectivity index (χ4v) is 5.69. The number of amides is 1. The maximum atomic E-state index is 14.0. The van der Waals surface area contributed by atoms with Crippen molar-refractivity contribution in [2.24, 2.45) is 7.05 Å². The Morgan fingerprint density at radius 3 is 2.71 bits per heavy atom. The zero-order valence-electron chi connectivity index (χ0n) is 18.6. The molecule has 0 spiro atoms. The quantitative estimate of drug-likeness (QED) is 0.357. The first-order valence-corrected chi connectivity index (χ1v) is 11.4. The number of benzene rings is 2. The monoisotopic (exact) mass is 461 g/mol. The van der Waals surface area contributed by atoms with Crippen LogP contribution < -0.4 is 4.73 Å². The third-order valence-electron chi connectivity index (χ3n) is 7.07. The molecule has 2 bridgehead atoms. The average molecular weight is 461 g/mol. The van der Waals surface area contributed by atoms with Crippen LogP contribution in [0.4, 0.5) is 8.78 Å². The Morgan fingerprint density at radius 1 is 1.12 bits per heavy atom. The van der Waals surface area contributed by atoms with Crippen molar-refractivity contribution in [2.75, 3.05) is 0 Å². The molecular weight excluding hydrogens is 438 g/mol. The van der Waals surface area contributed by atoms with Gasteiger partial charge in [0.15, 0.2) is 0 Å². The van der Waals surface area contributed by atoms with E-state index in [0.717, 1.165) is 46.7 Å². The molecule has 0 radical (unpaired) electrons. The van der Waals surface area contributed by atoms with Crippen molar-refractivity contribution in [3.8, 4) is 11.3 Å². The van der Waals surface area contributed by atoms with Crippen molar-refractivity contribution in [3.05, 3.63) is 83.2 Å². The molecule has 4 heterocycles. The van der Waals surface area contributed by atoms with Crippen LogP contribution in [0, 0.1) is 11.6 Å². The van der Waals surface area contributed by atoms with Gasteiger partial charge in [0.05, 0.1) is 22.8 Å². The highest BCUT2D eigenvalue weighted by atomic mass is 19.1. The molecule has 6 nitrogen and oxygen atoms in total. The van der Waals surface area contributed by atoms with Gasteiger partial charge < -0.3 is 4.90 Å². The number of rotatable bonds is 2. The molecule has 2 aliphatic rings. The van der Waals surface area contributed by atoms with Gasteiger partial charge in [-0.05, 0) is 56.0 Å². The van der Waals surface area contributed by atoms with Gasteiger partial charge in [-0.3, -0.25) is 14.7 Å².